The van der Waals surface area contributed by atoms with E-state index in [1.807, 2.05) is 24.3 Å². The van der Waals surface area contributed by atoms with Crippen LogP contribution in [0.2, 0.25) is 0 Å². The number of ketones is 1. The van der Waals surface area contributed by atoms with Gasteiger partial charge in [0.05, 0.1) is 0 Å². The molecular weight excluding hydrogens is 272 g/mol. The molecule has 3 rings (SSSR count). The molecule has 22 heavy (non-hydrogen) atoms. The second-order valence-electron chi connectivity index (χ2n) is 7.00. The lowest BCUT2D eigenvalue weighted by Gasteiger charge is -2.35. The van der Waals surface area contributed by atoms with E-state index < -0.39 is 0 Å². The molecule has 0 amide bonds. The molecule has 3 nitrogen and oxygen atoms in total. The van der Waals surface area contributed by atoms with Gasteiger partial charge in [-0.2, -0.15) is 0 Å². The average molecular weight is 300 g/mol. The minimum atomic E-state index is 0.229. The van der Waals surface area contributed by atoms with E-state index in [1.165, 1.54) is 38.0 Å². The number of likely N-dealkylation sites (tertiary alicyclic amines) is 1. The van der Waals surface area contributed by atoms with Gasteiger partial charge in [-0.1, -0.05) is 29.8 Å². The lowest BCUT2D eigenvalue weighted by Crippen LogP contribution is -2.41. The quantitative estimate of drug-likeness (QED) is 0.868. The molecule has 0 radical (unpaired) electrons. The standard InChI is InChI=1S/C19H28N2O/c1-15-2-4-17(5-3-15)19(22)18-8-12-21(13-9-18)14-16-6-10-20-11-7-16/h2-5,16,18,20H,6-14H2,1H3. The van der Waals surface area contributed by atoms with Crippen molar-refractivity contribution in [2.75, 3.05) is 32.7 Å². The molecule has 1 aromatic rings. The Labute approximate surface area is 134 Å². The van der Waals surface area contributed by atoms with Gasteiger partial charge >= 0.3 is 0 Å². The summed E-state index contributed by atoms with van der Waals surface area (Å²) >= 11 is 0. The van der Waals surface area contributed by atoms with Crippen molar-refractivity contribution in [3.63, 3.8) is 0 Å². The molecule has 1 aromatic carbocycles. The number of nitrogens with zero attached hydrogens (tertiary/aromatic N) is 1. The van der Waals surface area contributed by atoms with Crippen LogP contribution in [0.25, 0.3) is 0 Å². The summed E-state index contributed by atoms with van der Waals surface area (Å²) in [5.41, 5.74) is 2.11. The van der Waals surface area contributed by atoms with Crippen LogP contribution < -0.4 is 5.32 Å². The zero-order chi connectivity index (χ0) is 15.4. The van der Waals surface area contributed by atoms with Crippen LogP contribution >= 0.6 is 0 Å². The van der Waals surface area contributed by atoms with Crippen LogP contribution in [-0.4, -0.2) is 43.4 Å². The monoisotopic (exact) mass is 300 g/mol. The molecule has 2 heterocycles. The van der Waals surface area contributed by atoms with Gasteiger partial charge in [-0.15, -0.1) is 0 Å². The first kappa shape index (κ1) is 15.7. The van der Waals surface area contributed by atoms with Gasteiger partial charge in [0, 0.05) is 18.0 Å². The molecule has 0 aromatic heterocycles. The summed E-state index contributed by atoms with van der Waals surface area (Å²) in [5, 5.41) is 3.43. The Balaban J connectivity index is 1.48. The number of hydrogen-bond donors (Lipinski definition) is 1. The maximum Gasteiger partial charge on any atom is 0.166 e. The van der Waals surface area contributed by atoms with E-state index in [1.54, 1.807) is 0 Å². The molecule has 0 spiro atoms. The zero-order valence-corrected chi connectivity index (χ0v) is 13.7. The van der Waals surface area contributed by atoms with Crippen LogP contribution in [-0.2, 0) is 0 Å². The van der Waals surface area contributed by atoms with E-state index in [2.05, 4.69) is 17.1 Å². The predicted octanol–water partition coefficient (Wildman–Crippen LogP) is 2.89. The van der Waals surface area contributed by atoms with E-state index in [9.17, 15) is 4.79 Å². The number of carbonyl (C=O) groups excluding carboxylic acids is 1. The summed E-state index contributed by atoms with van der Waals surface area (Å²) in [4.78, 5) is 15.2. The predicted molar refractivity (Wildman–Crippen MR) is 90.3 cm³/mol. The number of rotatable bonds is 4. The van der Waals surface area contributed by atoms with Crippen molar-refractivity contribution in [3.05, 3.63) is 35.4 Å². The smallest absolute Gasteiger partial charge is 0.166 e. The van der Waals surface area contributed by atoms with E-state index in [0.29, 0.717) is 5.78 Å². The van der Waals surface area contributed by atoms with Crippen LogP contribution in [0.5, 0.6) is 0 Å². The lowest BCUT2D eigenvalue weighted by atomic mass is 9.88. The summed E-state index contributed by atoms with van der Waals surface area (Å²) in [6, 6.07) is 8.05. The zero-order valence-electron chi connectivity index (χ0n) is 13.7. The highest BCUT2D eigenvalue weighted by atomic mass is 16.1. The normalized spacial score (nSPS) is 21.9. The van der Waals surface area contributed by atoms with Crippen LogP contribution in [0.15, 0.2) is 24.3 Å². The molecule has 0 unspecified atom stereocenters. The van der Waals surface area contributed by atoms with E-state index in [4.69, 9.17) is 0 Å². The molecule has 0 bridgehead atoms. The first-order valence-corrected chi connectivity index (χ1v) is 8.76. The van der Waals surface area contributed by atoms with Crippen LogP contribution in [0.4, 0.5) is 0 Å². The van der Waals surface area contributed by atoms with Gasteiger partial charge in [0.1, 0.15) is 0 Å². The first-order chi connectivity index (χ1) is 10.7. The molecule has 0 atom stereocenters. The SMILES string of the molecule is Cc1ccc(C(=O)C2CCN(CC3CCNCC3)CC2)cc1. The fourth-order valence-corrected chi connectivity index (χ4v) is 3.76. The van der Waals surface area contributed by atoms with Crippen molar-refractivity contribution in [1.29, 1.82) is 0 Å². The first-order valence-electron chi connectivity index (χ1n) is 8.76. The largest absolute Gasteiger partial charge is 0.317 e. The Morgan fingerprint density at radius 1 is 1.09 bits per heavy atom. The second-order valence-corrected chi connectivity index (χ2v) is 7.00. The fraction of sp³-hybridized carbons (Fsp3) is 0.632. The molecule has 2 aliphatic heterocycles. The van der Waals surface area contributed by atoms with Crippen LogP contribution in [0.1, 0.15) is 41.6 Å². The highest BCUT2D eigenvalue weighted by Crippen LogP contribution is 2.24. The Morgan fingerprint density at radius 3 is 2.36 bits per heavy atom. The topological polar surface area (TPSA) is 32.3 Å². The van der Waals surface area contributed by atoms with Crippen molar-refractivity contribution in [2.24, 2.45) is 11.8 Å². The third kappa shape index (κ3) is 3.96. The molecule has 120 valence electrons. The van der Waals surface area contributed by atoms with Crippen molar-refractivity contribution < 1.29 is 4.79 Å². The number of Topliss-reactive ketones (excluding diaryl/α,β-unsaturated/α-hetero) is 1. The summed E-state index contributed by atoms with van der Waals surface area (Å²) in [6.45, 7) is 7.82. The molecular formula is C19H28N2O. The van der Waals surface area contributed by atoms with Gasteiger partial charge in [-0.05, 0) is 64.7 Å². The maximum absolute atomic E-state index is 12.6. The third-order valence-electron chi connectivity index (χ3n) is 5.27. The lowest BCUT2D eigenvalue weighted by molar-refractivity contribution is 0.0819. The summed E-state index contributed by atoms with van der Waals surface area (Å²) in [5.74, 6) is 1.43. The van der Waals surface area contributed by atoms with E-state index >= 15 is 0 Å². The Bertz CT molecular complexity index is 483. The summed E-state index contributed by atoms with van der Waals surface area (Å²) in [6.07, 6.45) is 4.67. The number of piperidine rings is 2. The number of nitrogens with one attached hydrogen (secondary N) is 1. The minimum Gasteiger partial charge on any atom is -0.317 e. The van der Waals surface area contributed by atoms with Crippen LogP contribution in [0, 0.1) is 18.8 Å². The molecule has 0 saturated carbocycles. The fourth-order valence-electron chi connectivity index (χ4n) is 3.76. The van der Waals surface area contributed by atoms with E-state index in [-0.39, 0.29) is 5.92 Å². The van der Waals surface area contributed by atoms with Gasteiger partial charge in [0.15, 0.2) is 5.78 Å². The number of benzene rings is 1. The number of aryl methyl sites for hydroxylation is 1. The Hall–Kier alpha value is -1.19. The number of hydrogen-bond acceptors (Lipinski definition) is 3. The molecule has 2 aliphatic rings. The van der Waals surface area contributed by atoms with Gasteiger partial charge in [0.25, 0.3) is 0 Å². The highest BCUT2D eigenvalue weighted by molar-refractivity contribution is 5.97. The van der Waals surface area contributed by atoms with Crippen molar-refractivity contribution in [3.8, 4) is 0 Å². The van der Waals surface area contributed by atoms with Gasteiger partial charge < -0.3 is 10.2 Å². The average Bonchev–Trinajstić information content (AvgIpc) is 2.57. The summed E-state index contributed by atoms with van der Waals surface area (Å²) in [7, 11) is 0. The Morgan fingerprint density at radius 2 is 1.73 bits per heavy atom. The maximum atomic E-state index is 12.6. The second kappa shape index (κ2) is 7.38. The van der Waals surface area contributed by atoms with E-state index in [0.717, 1.165) is 37.4 Å². The van der Waals surface area contributed by atoms with Gasteiger partial charge in [-0.3, -0.25) is 4.79 Å². The molecule has 2 saturated heterocycles. The van der Waals surface area contributed by atoms with Crippen molar-refractivity contribution in [2.45, 2.75) is 32.6 Å². The highest BCUT2D eigenvalue weighted by Gasteiger charge is 2.27. The van der Waals surface area contributed by atoms with Crippen molar-refractivity contribution in [1.82, 2.24) is 10.2 Å². The third-order valence-corrected chi connectivity index (χ3v) is 5.27. The molecule has 0 aliphatic carbocycles. The summed E-state index contributed by atoms with van der Waals surface area (Å²) < 4.78 is 0. The molecule has 1 N–H and O–H groups in total. The number of carbonyl (C=O) groups is 1. The van der Waals surface area contributed by atoms with Crippen LogP contribution in [0.3, 0.4) is 0 Å². The van der Waals surface area contributed by atoms with Gasteiger partial charge in [-0.25, -0.2) is 0 Å². The molecule has 3 heteroatoms. The van der Waals surface area contributed by atoms with Gasteiger partial charge in [0.2, 0.25) is 0 Å². The Kier molecular flexibility index (Phi) is 5.27. The van der Waals surface area contributed by atoms with Crippen molar-refractivity contribution >= 4 is 5.78 Å². The minimum absolute atomic E-state index is 0.229. The molecule has 2 fully saturated rings.